The topological polar surface area (TPSA) is 88.7 Å². The molecule has 0 saturated heterocycles. The van der Waals surface area contributed by atoms with E-state index in [0.29, 0.717) is 23.0 Å². The van der Waals surface area contributed by atoms with E-state index in [1.165, 1.54) is 18.6 Å². The number of hydrogen-bond donors (Lipinski definition) is 2. The molecular weight excluding hydrogens is 445 g/mol. The minimum absolute atomic E-state index is 0.136. The normalized spacial score (nSPS) is 11.5. The summed E-state index contributed by atoms with van der Waals surface area (Å²) in [5.41, 5.74) is 2.27. The third-order valence-electron chi connectivity index (χ3n) is 5.20. The lowest BCUT2D eigenvalue weighted by molar-refractivity contribution is -0.137. The van der Waals surface area contributed by atoms with E-state index in [1.54, 1.807) is 17.2 Å². The number of rotatable bonds is 5. The highest BCUT2D eigenvalue weighted by molar-refractivity contribution is 5.98. The van der Waals surface area contributed by atoms with Crippen LogP contribution in [0.5, 0.6) is 0 Å². The first-order valence-corrected chi connectivity index (χ1v) is 10.0. The van der Waals surface area contributed by atoms with Crippen molar-refractivity contribution in [1.82, 2.24) is 29.7 Å². The van der Waals surface area contributed by atoms with Crippen molar-refractivity contribution < 1.29 is 13.2 Å². The van der Waals surface area contributed by atoms with E-state index in [9.17, 15) is 13.2 Å². The summed E-state index contributed by atoms with van der Waals surface area (Å²) >= 11 is 0. The van der Waals surface area contributed by atoms with Gasteiger partial charge in [0.2, 0.25) is 11.6 Å². The lowest BCUT2D eigenvalue weighted by Gasteiger charge is -2.10. The molecule has 0 radical (unpaired) electrons. The van der Waals surface area contributed by atoms with Crippen LogP contribution in [-0.2, 0) is 12.7 Å². The van der Waals surface area contributed by atoms with Gasteiger partial charge in [0.1, 0.15) is 12.7 Å². The predicted molar refractivity (Wildman–Crippen MR) is 119 cm³/mol. The van der Waals surface area contributed by atoms with Gasteiger partial charge in [0.15, 0.2) is 0 Å². The van der Waals surface area contributed by atoms with Crippen LogP contribution in [0.3, 0.4) is 0 Å². The summed E-state index contributed by atoms with van der Waals surface area (Å²) in [7, 11) is 0. The fraction of sp³-hybridized carbons (Fsp3) is 0.0870. The van der Waals surface area contributed by atoms with Crippen LogP contribution in [0.1, 0.15) is 11.1 Å². The summed E-state index contributed by atoms with van der Waals surface area (Å²) in [6.07, 6.45) is 1.46. The average Bonchev–Trinajstić information content (AvgIpc) is 3.52. The molecule has 11 heteroatoms. The fourth-order valence-electron chi connectivity index (χ4n) is 3.57. The van der Waals surface area contributed by atoms with E-state index in [0.717, 1.165) is 23.4 Å². The molecule has 5 rings (SSSR count). The molecule has 5 aromatic rings. The Kier molecular flexibility index (Phi) is 5.18. The third-order valence-corrected chi connectivity index (χ3v) is 5.20. The van der Waals surface area contributed by atoms with Crippen molar-refractivity contribution in [3.05, 3.63) is 90.1 Å². The van der Waals surface area contributed by atoms with E-state index in [2.05, 4.69) is 35.2 Å². The predicted octanol–water partition coefficient (Wildman–Crippen LogP) is 5.39. The summed E-state index contributed by atoms with van der Waals surface area (Å²) in [5.74, 6) is 0.245. The fourth-order valence-corrected chi connectivity index (χ4v) is 3.57. The van der Waals surface area contributed by atoms with Crippen LogP contribution in [0.2, 0.25) is 0 Å². The molecule has 2 aromatic carbocycles. The molecule has 0 unspecified atom stereocenters. The second-order valence-corrected chi connectivity index (χ2v) is 7.36. The maximum absolute atomic E-state index is 13.2. The molecule has 34 heavy (non-hydrogen) atoms. The van der Waals surface area contributed by atoms with Gasteiger partial charge in [0.25, 0.3) is 0 Å². The number of H-pyrrole nitrogens is 1. The molecule has 0 aliphatic rings. The van der Waals surface area contributed by atoms with Crippen molar-refractivity contribution in [2.45, 2.75) is 12.7 Å². The highest BCUT2D eigenvalue weighted by Crippen LogP contribution is 2.37. The number of halogens is 3. The van der Waals surface area contributed by atoms with Gasteiger partial charge in [-0.3, -0.25) is 0 Å². The van der Waals surface area contributed by atoms with Crippen molar-refractivity contribution in [3.8, 4) is 16.9 Å². The summed E-state index contributed by atoms with van der Waals surface area (Å²) in [4.78, 5) is 19.0. The van der Waals surface area contributed by atoms with E-state index in [4.69, 9.17) is 6.57 Å². The van der Waals surface area contributed by atoms with Crippen molar-refractivity contribution in [3.63, 3.8) is 0 Å². The van der Waals surface area contributed by atoms with Gasteiger partial charge in [-0.1, -0.05) is 12.1 Å². The molecule has 2 N–H and O–H groups in total. The van der Waals surface area contributed by atoms with E-state index < -0.39 is 11.7 Å². The number of aromatic amines is 1. The van der Waals surface area contributed by atoms with Crippen molar-refractivity contribution in [2.24, 2.45) is 0 Å². The Morgan fingerprint density at radius 1 is 1.15 bits per heavy atom. The summed E-state index contributed by atoms with van der Waals surface area (Å²) < 4.78 is 41.4. The summed E-state index contributed by atoms with van der Waals surface area (Å²) in [5, 5.41) is 7.54. The van der Waals surface area contributed by atoms with Crippen molar-refractivity contribution in [1.29, 1.82) is 0 Å². The first kappa shape index (κ1) is 21.1. The number of anilines is 1. The highest BCUT2D eigenvalue weighted by Gasteiger charge is 2.31. The van der Waals surface area contributed by atoms with Crippen LogP contribution in [0.25, 0.3) is 32.7 Å². The summed E-state index contributed by atoms with van der Waals surface area (Å²) in [6.45, 7) is 7.84. The van der Waals surface area contributed by atoms with E-state index >= 15 is 0 Å². The molecule has 0 saturated carbocycles. The molecule has 0 atom stereocenters. The maximum Gasteiger partial charge on any atom is 0.416 e. The number of benzene rings is 2. The van der Waals surface area contributed by atoms with Gasteiger partial charge in [-0.25, -0.2) is 24.5 Å². The molecule has 3 aromatic heterocycles. The molecular formula is C23H15F3N8. The molecule has 0 amide bonds. The molecule has 3 heterocycles. The Morgan fingerprint density at radius 2 is 2.03 bits per heavy atom. The molecule has 0 aliphatic carbocycles. The maximum atomic E-state index is 13.2. The molecule has 0 spiro atoms. The number of fused-ring (bicyclic) bond motifs is 1. The molecule has 0 bridgehead atoms. The lowest BCUT2D eigenvalue weighted by Crippen LogP contribution is -2.05. The highest BCUT2D eigenvalue weighted by atomic mass is 19.4. The van der Waals surface area contributed by atoms with Crippen molar-refractivity contribution >= 4 is 22.5 Å². The zero-order valence-electron chi connectivity index (χ0n) is 17.4. The van der Waals surface area contributed by atoms with Crippen LogP contribution < -0.4 is 5.32 Å². The largest absolute Gasteiger partial charge is 0.416 e. The van der Waals surface area contributed by atoms with Crippen LogP contribution in [-0.4, -0.2) is 29.7 Å². The number of nitrogens with zero attached hydrogens (tertiary/aromatic N) is 6. The quantitative estimate of drug-likeness (QED) is 0.344. The first-order valence-electron chi connectivity index (χ1n) is 10.0. The van der Waals surface area contributed by atoms with E-state index in [1.807, 2.05) is 24.3 Å². The zero-order valence-corrected chi connectivity index (χ0v) is 17.4. The monoisotopic (exact) mass is 460 g/mol. The SMILES string of the molecule is [C-]#[N+]c1cnc(NCc2cccc(-n3cncn3)c2)nc1-c1c[nH]c2ccc(C(F)(F)F)cc12. The first-order chi connectivity index (χ1) is 16.4. The third kappa shape index (κ3) is 4.04. The van der Waals surface area contributed by atoms with Gasteiger partial charge in [0, 0.05) is 35.4 Å². The van der Waals surface area contributed by atoms with Gasteiger partial charge in [0.05, 0.1) is 23.5 Å². The van der Waals surface area contributed by atoms with Gasteiger partial charge in [-0.15, -0.1) is 0 Å². The minimum atomic E-state index is -4.48. The number of aromatic nitrogens is 6. The summed E-state index contributed by atoms with van der Waals surface area (Å²) in [6, 6.07) is 11.0. The second kappa shape index (κ2) is 8.32. The molecule has 8 nitrogen and oxygen atoms in total. The van der Waals surface area contributed by atoms with Crippen LogP contribution in [0, 0.1) is 6.57 Å². The average molecular weight is 460 g/mol. The smallest absolute Gasteiger partial charge is 0.361 e. The standard InChI is InChI=1S/C23H15F3N8/c1-27-20-11-31-22(30-9-14-3-2-4-16(7-14)34-13-28-12-32-34)33-21(20)18-10-29-19-6-5-15(8-17(18)19)23(24,25)26/h2-8,10-13,29H,9H2,(H,30,31,33). The Balaban J connectivity index is 1.46. The Labute approximate surface area is 191 Å². The molecule has 0 fully saturated rings. The number of alkyl halides is 3. The molecule has 168 valence electrons. The molecule has 0 aliphatic heterocycles. The van der Waals surface area contributed by atoms with E-state index in [-0.39, 0.29) is 17.3 Å². The second-order valence-electron chi connectivity index (χ2n) is 7.36. The van der Waals surface area contributed by atoms with Crippen LogP contribution in [0.15, 0.2) is 67.5 Å². The van der Waals surface area contributed by atoms with Gasteiger partial charge in [-0.2, -0.15) is 18.3 Å². The minimum Gasteiger partial charge on any atom is -0.361 e. The van der Waals surface area contributed by atoms with Crippen molar-refractivity contribution in [2.75, 3.05) is 5.32 Å². The Bertz CT molecular complexity index is 1510. The van der Waals surface area contributed by atoms with Gasteiger partial charge in [-0.05, 0) is 35.9 Å². The Morgan fingerprint density at radius 3 is 2.79 bits per heavy atom. The lowest BCUT2D eigenvalue weighted by atomic mass is 10.1. The Hall–Kier alpha value is -4.72. The number of hydrogen-bond acceptors (Lipinski definition) is 5. The van der Waals surface area contributed by atoms with Gasteiger partial charge < -0.3 is 10.3 Å². The number of nitrogens with one attached hydrogen (secondary N) is 2. The van der Waals surface area contributed by atoms with Gasteiger partial charge >= 0.3 is 6.18 Å². The van der Waals surface area contributed by atoms with Crippen LogP contribution >= 0.6 is 0 Å². The van der Waals surface area contributed by atoms with Crippen LogP contribution in [0.4, 0.5) is 24.8 Å². The zero-order chi connectivity index (χ0) is 23.7.